The number of carbonyl (C=O) groups excluding carboxylic acids is 2. The molecule has 1 saturated heterocycles. The summed E-state index contributed by atoms with van der Waals surface area (Å²) >= 11 is 0. The van der Waals surface area contributed by atoms with Crippen molar-refractivity contribution in [2.45, 2.75) is 6.04 Å². The lowest BCUT2D eigenvalue weighted by Crippen LogP contribution is -2.52. The van der Waals surface area contributed by atoms with Crippen LogP contribution in [0.15, 0.2) is 72.8 Å². The zero-order valence-electron chi connectivity index (χ0n) is 16.1. The Labute approximate surface area is 169 Å². The second-order valence-electron chi connectivity index (χ2n) is 7.20. The van der Waals surface area contributed by atoms with Gasteiger partial charge in [-0.1, -0.05) is 66.7 Å². The molecule has 4 rings (SSSR count). The second kappa shape index (κ2) is 8.32. The van der Waals surface area contributed by atoms with Gasteiger partial charge in [-0.2, -0.15) is 0 Å². The van der Waals surface area contributed by atoms with Crippen molar-refractivity contribution in [2.24, 2.45) is 5.73 Å². The highest BCUT2D eigenvalue weighted by Gasteiger charge is 2.30. The Morgan fingerprint density at radius 2 is 1.48 bits per heavy atom. The average molecular weight is 388 g/mol. The fourth-order valence-electron chi connectivity index (χ4n) is 3.90. The van der Waals surface area contributed by atoms with Crippen LogP contribution in [0.2, 0.25) is 0 Å². The highest BCUT2D eigenvalue weighted by molar-refractivity contribution is 6.01. The first-order valence-corrected chi connectivity index (χ1v) is 9.75. The number of fused-ring (bicyclic) bond motifs is 1. The fourth-order valence-corrected chi connectivity index (χ4v) is 3.90. The maximum Gasteiger partial charge on any atom is 0.321 e. The third-order valence-electron chi connectivity index (χ3n) is 5.38. The van der Waals surface area contributed by atoms with Crippen molar-refractivity contribution in [2.75, 3.05) is 31.5 Å². The molecule has 0 saturated carbocycles. The molecule has 1 unspecified atom stereocenters. The molecule has 6 nitrogen and oxygen atoms in total. The Morgan fingerprint density at radius 3 is 2.21 bits per heavy atom. The highest BCUT2D eigenvalue weighted by atomic mass is 16.2. The number of benzene rings is 3. The maximum absolute atomic E-state index is 12.8. The molecular formula is C23H24N4O2. The molecule has 3 N–H and O–H groups in total. The summed E-state index contributed by atoms with van der Waals surface area (Å²) in [4.78, 5) is 28.7. The molecule has 6 heteroatoms. The Morgan fingerprint density at radius 1 is 0.828 bits per heavy atom. The van der Waals surface area contributed by atoms with E-state index in [1.165, 1.54) is 0 Å². The Bertz CT molecular complexity index is 1010. The third-order valence-corrected chi connectivity index (χ3v) is 5.38. The predicted molar refractivity (Wildman–Crippen MR) is 114 cm³/mol. The van der Waals surface area contributed by atoms with Gasteiger partial charge in [0, 0.05) is 31.6 Å². The van der Waals surface area contributed by atoms with E-state index in [9.17, 15) is 9.59 Å². The quantitative estimate of drug-likeness (QED) is 0.720. The van der Waals surface area contributed by atoms with Crippen molar-refractivity contribution in [1.82, 2.24) is 9.80 Å². The number of urea groups is 1. The number of nitrogens with zero attached hydrogens (tertiary/aromatic N) is 2. The van der Waals surface area contributed by atoms with Gasteiger partial charge in [-0.05, 0) is 17.0 Å². The summed E-state index contributed by atoms with van der Waals surface area (Å²) in [5.41, 5.74) is 7.36. The molecule has 1 heterocycles. The van der Waals surface area contributed by atoms with Gasteiger partial charge in [0.05, 0.1) is 5.69 Å². The average Bonchev–Trinajstić information content (AvgIpc) is 2.75. The van der Waals surface area contributed by atoms with E-state index in [1.54, 1.807) is 4.90 Å². The zero-order chi connectivity index (χ0) is 20.2. The molecule has 0 aliphatic carbocycles. The van der Waals surface area contributed by atoms with Gasteiger partial charge in [-0.25, -0.2) is 4.79 Å². The van der Waals surface area contributed by atoms with Crippen molar-refractivity contribution in [3.8, 4) is 0 Å². The Hall–Kier alpha value is -3.38. The lowest BCUT2D eigenvalue weighted by molar-refractivity contribution is -0.124. The minimum absolute atomic E-state index is 0.128. The molecule has 3 aromatic carbocycles. The largest absolute Gasteiger partial charge is 0.368 e. The summed E-state index contributed by atoms with van der Waals surface area (Å²) in [6.07, 6.45) is 0. The maximum atomic E-state index is 12.8. The van der Waals surface area contributed by atoms with Gasteiger partial charge in [0.1, 0.15) is 6.04 Å². The van der Waals surface area contributed by atoms with Gasteiger partial charge in [-0.3, -0.25) is 9.69 Å². The third kappa shape index (κ3) is 4.07. The first-order chi connectivity index (χ1) is 14.1. The first-order valence-electron chi connectivity index (χ1n) is 9.75. The molecule has 0 spiro atoms. The lowest BCUT2D eigenvalue weighted by atomic mass is 10.0. The smallest absolute Gasteiger partial charge is 0.321 e. The molecule has 148 valence electrons. The van der Waals surface area contributed by atoms with E-state index in [-0.39, 0.29) is 11.9 Å². The number of primary amides is 1. The van der Waals surface area contributed by atoms with Crippen molar-refractivity contribution in [1.29, 1.82) is 0 Å². The Kier molecular flexibility index (Phi) is 5.44. The van der Waals surface area contributed by atoms with Gasteiger partial charge in [0.2, 0.25) is 5.91 Å². The molecule has 0 aromatic heterocycles. The fraction of sp³-hybridized carbons (Fsp3) is 0.217. The van der Waals surface area contributed by atoms with Crippen LogP contribution in [0.25, 0.3) is 10.8 Å². The van der Waals surface area contributed by atoms with Crippen LogP contribution in [0.3, 0.4) is 0 Å². The summed E-state index contributed by atoms with van der Waals surface area (Å²) in [5.74, 6) is -0.371. The van der Waals surface area contributed by atoms with E-state index in [1.807, 2.05) is 77.7 Å². The van der Waals surface area contributed by atoms with Crippen LogP contribution < -0.4 is 11.1 Å². The molecule has 3 aromatic rings. The molecule has 29 heavy (non-hydrogen) atoms. The van der Waals surface area contributed by atoms with Crippen LogP contribution in [-0.2, 0) is 4.79 Å². The summed E-state index contributed by atoms with van der Waals surface area (Å²) in [6, 6.07) is 22.8. The minimum atomic E-state index is -0.473. The molecule has 1 aliphatic rings. The summed E-state index contributed by atoms with van der Waals surface area (Å²) in [6.45, 7) is 2.25. The van der Waals surface area contributed by atoms with E-state index < -0.39 is 6.04 Å². The van der Waals surface area contributed by atoms with E-state index in [4.69, 9.17) is 5.73 Å². The summed E-state index contributed by atoms with van der Waals surface area (Å²) in [5, 5.41) is 5.13. The van der Waals surface area contributed by atoms with Crippen LogP contribution in [0, 0.1) is 0 Å². The van der Waals surface area contributed by atoms with Gasteiger partial charge >= 0.3 is 6.03 Å². The number of nitrogens with one attached hydrogen (secondary N) is 1. The molecule has 1 fully saturated rings. The van der Waals surface area contributed by atoms with Gasteiger partial charge < -0.3 is 16.0 Å². The molecule has 3 amide bonds. The van der Waals surface area contributed by atoms with Crippen molar-refractivity contribution in [3.63, 3.8) is 0 Å². The lowest BCUT2D eigenvalue weighted by Gasteiger charge is -2.38. The number of piperazine rings is 1. The van der Waals surface area contributed by atoms with Gasteiger partial charge in [-0.15, -0.1) is 0 Å². The number of hydrogen-bond acceptors (Lipinski definition) is 3. The number of rotatable bonds is 4. The summed E-state index contributed by atoms with van der Waals surface area (Å²) in [7, 11) is 0. The topological polar surface area (TPSA) is 78.7 Å². The van der Waals surface area contributed by atoms with Crippen LogP contribution in [-0.4, -0.2) is 47.9 Å². The number of amides is 3. The number of hydrogen-bond donors (Lipinski definition) is 2. The molecule has 1 atom stereocenters. The van der Waals surface area contributed by atoms with Gasteiger partial charge in [0.15, 0.2) is 0 Å². The first kappa shape index (κ1) is 19.0. The van der Waals surface area contributed by atoms with Crippen molar-refractivity contribution >= 4 is 28.4 Å². The van der Waals surface area contributed by atoms with E-state index in [0.29, 0.717) is 26.2 Å². The number of carbonyl (C=O) groups is 2. The predicted octanol–water partition coefficient (Wildman–Crippen LogP) is 3.22. The zero-order valence-corrected chi connectivity index (χ0v) is 16.1. The monoisotopic (exact) mass is 388 g/mol. The van der Waals surface area contributed by atoms with Crippen LogP contribution in [0.5, 0.6) is 0 Å². The standard InChI is InChI=1S/C23H24N4O2/c24-22(28)21(18-8-2-1-3-9-18)26-13-15-27(16-14-26)23(29)25-20-12-6-10-17-7-4-5-11-19(17)20/h1-12,21H,13-16H2,(H2,24,28)(H,25,29). The van der Waals surface area contributed by atoms with E-state index in [0.717, 1.165) is 22.0 Å². The summed E-state index contributed by atoms with van der Waals surface area (Å²) < 4.78 is 0. The highest BCUT2D eigenvalue weighted by Crippen LogP contribution is 2.25. The normalized spacial score (nSPS) is 15.8. The molecular weight excluding hydrogens is 364 g/mol. The molecule has 1 aliphatic heterocycles. The minimum Gasteiger partial charge on any atom is -0.368 e. The van der Waals surface area contributed by atoms with E-state index in [2.05, 4.69) is 5.32 Å². The molecule has 0 bridgehead atoms. The van der Waals surface area contributed by atoms with Crippen LogP contribution >= 0.6 is 0 Å². The van der Waals surface area contributed by atoms with Crippen molar-refractivity contribution in [3.05, 3.63) is 78.4 Å². The van der Waals surface area contributed by atoms with Crippen LogP contribution in [0.4, 0.5) is 10.5 Å². The van der Waals surface area contributed by atoms with Crippen LogP contribution in [0.1, 0.15) is 11.6 Å². The number of anilines is 1. The number of nitrogens with two attached hydrogens (primary N) is 1. The SMILES string of the molecule is NC(=O)C(c1ccccc1)N1CCN(C(=O)Nc2cccc3ccccc23)CC1. The van der Waals surface area contributed by atoms with Crippen molar-refractivity contribution < 1.29 is 9.59 Å². The van der Waals surface area contributed by atoms with Gasteiger partial charge in [0.25, 0.3) is 0 Å². The Balaban J connectivity index is 1.42. The van der Waals surface area contributed by atoms with E-state index >= 15 is 0 Å². The second-order valence-corrected chi connectivity index (χ2v) is 7.20. The molecule has 0 radical (unpaired) electrons.